The van der Waals surface area contributed by atoms with Crippen molar-refractivity contribution in [2.45, 2.75) is 25.9 Å². The Balaban J connectivity index is 1.81. The van der Waals surface area contributed by atoms with Crippen molar-refractivity contribution in [3.05, 3.63) is 29.5 Å². The lowest BCUT2D eigenvalue weighted by atomic mass is 10.0. The average Bonchev–Trinajstić information content (AvgIpc) is 3.16. The molecule has 1 fully saturated rings. The minimum absolute atomic E-state index is 0.274. The lowest BCUT2D eigenvalue weighted by Gasteiger charge is -2.14. The van der Waals surface area contributed by atoms with Crippen molar-refractivity contribution in [2.75, 3.05) is 11.5 Å². The number of thioether (sulfide) groups is 1. The topological polar surface area (TPSA) is 89.3 Å². The zero-order valence-corrected chi connectivity index (χ0v) is 13.1. The van der Waals surface area contributed by atoms with Crippen LogP contribution in [0.25, 0.3) is 17.0 Å². The molecule has 1 atom stereocenters. The van der Waals surface area contributed by atoms with Crippen molar-refractivity contribution in [2.24, 2.45) is 0 Å². The Morgan fingerprint density at radius 1 is 1.36 bits per heavy atom. The molecule has 114 valence electrons. The van der Waals surface area contributed by atoms with Crippen molar-refractivity contribution < 1.29 is 9.63 Å². The Labute approximate surface area is 130 Å². The molecule has 7 nitrogen and oxygen atoms in total. The second kappa shape index (κ2) is 4.79. The van der Waals surface area contributed by atoms with Gasteiger partial charge in [0.15, 0.2) is 11.2 Å². The Kier molecular flexibility index (Phi) is 2.98. The van der Waals surface area contributed by atoms with Gasteiger partial charge in [0.1, 0.15) is 0 Å². The Morgan fingerprint density at radius 2 is 2.23 bits per heavy atom. The smallest absolute Gasteiger partial charge is 0.259 e. The van der Waals surface area contributed by atoms with E-state index in [4.69, 9.17) is 4.52 Å². The number of aryl methyl sites for hydroxylation is 2. The summed E-state index contributed by atoms with van der Waals surface area (Å²) in [5.41, 5.74) is 2.27. The maximum absolute atomic E-state index is 10.5. The summed E-state index contributed by atoms with van der Waals surface area (Å²) < 4.78 is 7.04. The molecular formula is C14H15N5O2S. The molecule has 3 aromatic heterocycles. The highest BCUT2D eigenvalue weighted by molar-refractivity contribution is 7.99. The molecule has 0 radical (unpaired) electrons. The van der Waals surface area contributed by atoms with Gasteiger partial charge in [-0.2, -0.15) is 21.8 Å². The largest absolute Gasteiger partial charge is 0.379 e. The van der Waals surface area contributed by atoms with E-state index in [1.807, 2.05) is 19.9 Å². The van der Waals surface area contributed by atoms with Gasteiger partial charge in [-0.1, -0.05) is 5.16 Å². The molecule has 0 spiro atoms. The first kappa shape index (κ1) is 13.7. The van der Waals surface area contributed by atoms with E-state index in [1.165, 1.54) is 0 Å². The van der Waals surface area contributed by atoms with Crippen molar-refractivity contribution in [1.82, 2.24) is 24.7 Å². The zero-order valence-electron chi connectivity index (χ0n) is 12.3. The third-order valence-corrected chi connectivity index (χ3v) is 5.02. The van der Waals surface area contributed by atoms with Gasteiger partial charge >= 0.3 is 0 Å². The van der Waals surface area contributed by atoms with E-state index in [0.717, 1.165) is 17.1 Å². The number of aromatic nitrogens is 5. The van der Waals surface area contributed by atoms with Gasteiger partial charge in [-0.3, -0.25) is 0 Å². The van der Waals surface area contributed by atoms with Crippen LogP contribution in [-0.4, -0.2) is 41.4 Å². The maximum atomic E-state index is 10.5. The van der Waals surface area contributed by atoms with Crippen LogP contribution in [0.2, 0.25) is 0 Å². The fourth-order valence-electron chi connectivity index (χ4n) is 2.67. The molecule has 3 aromatic rings. The third kappa shape index (κ3) is 2.02. The molecule has 0 aromatic carbocycles. The van der Waals surface area contributed by atoms with E-state index in [2.05, 4.69) is 20.2 Å². The molecule has 4 heterocycles. The number of rotatable bonds is 2. The first-order valence-corrected chi connectivity index (χ1v) is 8.19. The molecule has 1 aliphatic heterocycles. The highest BCUT2D eigenvalue weighted by Crippen LogP contribution is 2.36. The van der Waals surface area contributed by atoms with E-state index < -0.39 is 5.60 Å². The van der Waals surface area contributed by atoms with Crippen LogP contribution in [0.3, 0.4) is 0 Å². The molecular weight excluding hydrogens is 302 g/mol. The second-order valence-electron chi connectivity index (χ2n) is 5.59. The van der Waals surface area contributed by atoms with Crippen LogP contribution in [0, 0.1) is 13.8 Å². The van der Waals surface area contributed by atoms with Crippen molar-refractivity contribution >= 4 is 17.4 Å². The molecule has 4 rings (SSSR count). The predicted molar refractivity (Wildman–Crippen MR) is 81.6 cm³/mol. The lowest BCUT2D eigenvalue weighted by molar-refractivity contribution is 0.0307. The SMILES string of the molecule is Cc1cc(C)n2ncc(-c3noc([C@]4(O)CCSC4)n3)c2n1. The molecule has 0 saturated carbocycles. The van der Waals surface area contributed by atoms with Crippen molar-refractivity contribution in [3.63, 3.8) is 0 Å². The molecule has 1 saturated heterocycles. The van der Waals surface area contributed by atoms with Gasteiger partial charge < -0.3 is 9.63 Å². The summed E-state index contributed by atoms with van der Waals surface area (Å²) in [5, 5.41) is 18.9. The lowest BCUT2D eigenvalue weighted by Crippen LogP contribution is -2.25. The van der Waals surface area contributed by atoms with Gasteiger partial charge in [-0.15, -0.1) is 0 Å². The van der Waals surface area contributed by atoms with Crippen LogP contribution in [0.5, 0.6) is 0 Å². The van der Waals surface area contributed by atoms with Crippen LogP contribution in [-0.2, 0) is 5.60 Å². The monoisotopic (exact) mass is 317 g/mol. The van der Waals surface area contributed by atoms with Gasteiger partial charge in [0.25, 0.3) is 5.89 Å². The van der Waals surface area contributed by atoms with E-state index in [9.17, 15) is 5.11 Å². The number of fused-ring (bicyclic) bond motifs is 1. The standard InChI is InChI=1S/C14H15N5O2S/c1-8-5-9(2)19-12(16-8)10(6-15-19)11-17-13(21-18-11)14(20)3-4-22-7-14/h5-6,20H,3-4,7H2,1-2H3/t14-/m0/s1. The highest BCUT2D eigenvalue weighted by atomic mass is 32.2. The zero-order chi connectivity index (χ0) is 15.3. The minimum atomic E-state index is -1.02. The van der Waals surface area contributed by atoms with Gasteiger partial charge in [0.05, 0.1) is 11.8 Å². The number of hydrogen-bond donors (Lipinski definition) is 1. The summed E-state index contributed by atoms with van der Waals surface area (Å²) in [6.45, 7) is 3.91. The molecule has 0 unspecified atom stereocenters. The average molecular weight is 317 g/mol. The molecule has 8 heteroatoms. The quantitative estimate of drug-likeness (QED) is 0.769. The van der Waals surface area contributed by atoms with E-state index >= 15 is 0 Å². The maximum Gasteiger partial charge on any atom is 0.259 e. The summed E-state index contributed by atoms with van der Waals surface area (Å²) in [6, 6.07) is 1.96. The normalized spacial score (nSPS) is 21.8. The number of hydrogen-bond acceptors (Lipinski definition) is 7. The summed E-state index contributed by atoms with van der Waals surface area (Å²) in [4.78, 5) is 8.89. The number of nitrogens with zero attached hydrogens (tertiary/aromatic N) is 5. The van der Waals surface area contributed by atoms with Crippen molar-refractivity contribution in [1.29, 1.82) is 0 Å². The summed E-state index contributed by atoms with van der Waals surface area (Å²) in [7, 11) is 0. The minimum Gasteiger partial charge on any atom is -0.379 e. The summed E-state index contributed by atoms with van der Waals surface area (Å²) >= 11 is 1.68. The molecule has 22 heavy (non-hydrogen) atoms. The molecule has 0 bridgehead atoms. The first-order chi connectivity index (χ1) is 10.6. The van der Waals surface area contributed by atoms with Gasteiger partial charge in [0, 0.05) is 17.1 Å². The van der Waals surface area contributed by atoms with Crippen LogP contribution >= 0.6 is 11.8 Å². The third-order valence-electron chi connectivity index (χ3n) is 3.84. The second-order valence-corrected chi connectivity index (χ2v) is 6.70. The van der Waals surface area contributed by atoms with E-state index in [1.54, 1.807) is 22.5 Å². The van der Waals surface area contributed by atoms with Crippen LogP contribution in [0.1, 0.15) is 23.7 Å². The summed E-state index contributed by atoms with van der Waals surface area (Å²) in [6.07, 6.45) is 2.31. The Hall–Kier alpha value is -1.93. The van der Waals surface area contributed by atoms with Crippen LogP contribution in [0.15, 0.2) is 16.8 Å². The fourth-order valence-corrected chi connectivity index (χ4v) is 3.90. The molecule has 1 N–H and O–H groups in total. The highest BCUT2D eigenvalue weighted by Gasteiger charge is 2.39. The Bertz CT molecular complexity index is 850. The van der Waals surface area contributed by atoms with Gasteiger partial charge in [-0.05, 0) is 32.1 Å². The molecule has 0 amide bonds. The summed E-state index contributed by atoms with van der Waals surface area (Å²) in [5.74, 6) is 2.16. The van der Waals surface area contributed by atoms with E-state index in [-0.39, 0.29) is 5.89 Å². The van der Waals surface area contributed by atoms with Crippen molar-refractivity contribution in [3.8, 4) is 11.4 Å². The van der Waals surface area contributed by atoms with Crippen LogP contribution < -0.4 is 0 Å². The first-order valence-electron chi connectivity index (χ1n) is 7.03. The predicted octanol–water partition coefficient (Wildman–Crippen LogP) is 1.72. The van der Waals surface area contributed by atoms with Crippen LogP contribution in [0.4, 0.5) is 0 Å². The Morgan fingerprint density at radius 3 is 3.00 bits per heavy atom. The van der Waals surface area contributed by atoms with Gasteiger partial charge in [-0.25, -0.2) is 9.50 Å². The number of aliphatic hydroxyl groups is 1. The van der Waals surface area contributed by atoms with E-state index in [0.29, 0.717) is 29.2 Å². The molecule has 1 aliphatic rings. The van der Waals surface area contributed by atoms with Gasteiger partial charge in [0.2, 0.25) is 5.82 Å². The molecule has 0 aliphatic carbocycles. The fraction of sp³-hybridized carbons (Fsp3) is 0.429.